The van der Waals surface area contributed by atoms with Crippen molar-refractivity contribution in [1.82, 2.24) is 10.6 Å². The van der Waals surface area contributed by atoms with Crippen LogP contribution in [0.3, 0.4) is 0 Å². The van der Waals surface area contributed by atoms with Crippen molar-refractivity contribution in [3.8, 4) is 0 Å². The summed E-state index contributed by atoms with van der Waals surface area (Å²) < 4.78 is 0. The van der Waals surface area contributed by atoms with Crippen LogP contribution in [0.4, 0.5) is 0 Å². The lowest BCUT2D eigenvalue weighted by atomic mass is 9.91. The summed E-state index contributed by atoms with van der Waals surface area (Å²) in [5.74, 6) is 0.0438. The maximum absolute atomic E-state index is 11.6. The number of carbonyl (C=O) groups is 1. The van der Waals surface area contributed by atoms with Gasteiger partial charge >= 0.3 is 0 Å². The van der Waals surface area contributed by atoms with Crippen LogP contribution in [0.1, 0.15) is 6.42 Å². The van der Waals surface area contributed by atoms with E-state index in [-0.39, 0.29) is 24.0 Å². The van der Waals surface area contributed by atoms with Gasteiger partial charge in [0, 0.05) is 6.04 Å². The minimum atomic E-state index is -0.0546. The Morgan fingerprint density at radius 1 is 1.43 bits per heavy atom. The van der Waals surface area contributed by atoms with Crippen LogP contribution in [-0.4, -0.2) is 18.1 Å². The molecule has 0 spiro atoms. The van der Waals surface area contributed by atoms with Crippen molar-refractivity contribution in [2.45, 2.75) is 18.6 Å². The fourth-order valence-corrected chi connectivity index (χ4v) is 1.85. The van der Waals surface area contributed by atoms with Crippen LogP contribution in [0.15, 0.2) is 37.0 Å². The van der Waals surface area contributed by atoms with E-state index in [0.29, 0.717) is 0 Å². The lowest BCUT2D eigenvalue weighted by Crippen LogP contribution is -2.60. The molecular weight excluding hydrogens is 176 g/mol. The summed E-state index contributed by atoms with van der Waals surface area (Å²) in [6, 6.07) is 0.138. The van der Waals surface area contributed by atoms with Crippen molar-refractivity contribution >= 4 is 5.91 Å². The highest BCUT2D eigenvalue weighted by Gasteiger charge is 2.32. The summed E-state index contributed by atoms with van der Waals surface area (Å²) in [6.45, 7) is 3.66. The van der Waals surface area contributed by atoms with Gasteiger partial charge in [0.15, 0.2) is 0 Å². The quantitative estimate of drug-likeness (QED) is 0.630. The molecule has 1 heterocycles. The molecule has 1 saturated heterocycles. The molecule has 74 valence electrons. The smallest absolute Gasteiger partial charge is 0.230 e. The second-order valence-corrected chi connectivity index (χ2v) is 3.57. The molecule has 1 aliphatic carbocycles. The van der Waals surface area contributed by atoms with Gasteiger partial charge in [0.1, 0.15) is 0 Å². The van der Waals surface area contributed by atoms with Gasteiger partial charge in [-0.1, -0.05) is 30.4 Å². The summed E-state index contributed by atoms with van der Waals surface area (Å²) in [5, 5.41) is 6.26. The molecule has 1 fully saturated rings. The summed E-state index contributed by atoms with van der Waals surface area (Å²) in [6.07, 6.45) is 10.4. The van der Waals surface area contributed by atoms with Crippen LogP contribution in [0.2, 0.25) is 0 Å². The molecule has 3 unspecified atom stereocenters. The third kappa shape index (κ3) is 1.63. The summed E-state index contributed by atoms with van der Waals surface area (Å²) in [7, 11) is 0. The molecule has 0 aromatic carbocycles. The predicted molar refractivity (Wildman–Crippen MR) is 55.4 cm³/mol. The number of fused-ring (bicyclic) bond motifs is 1. The molecule has 3 heteroatoms. The fourth-order valence-electron chi connectivity index (χ4n) is 1.85. The minimum absolute atomic E-state index is 0.0254. The molecule has 1 amide bonds. The SMILES string of the molecule is C=CCC1NC(=O)C2C=CC=CC2N1. The first-order chi connectivity index (χ1) is 6.81. The zero-order valence-electron chi connectivity index (χ0n) is 7.94. The molecule has 0 saturated carbocycles. The second-order valence-electron chi connectivity index (χ2n) is 3.57. The molecule has 0 aromatic rings. The largest absolute Gasteiger partial charge is 0.340 e. The van der Waals surface area contributed by atoms with Crippen LogP contribution >= 0.6 is 0 Å². The normalized spacial score (nSPS) is 34.9. The average molecular weight is 190 g/mol. The number of amides is 1. The topological polar surface area (TPSA) is 41.1 Å². The van der Waals surface area contributed by atoms with Crippen molar-refractivity contribution in [2.75, 3.05) is 0 Å². The van der Waals surface area contributed by atoms with Crippen LogP contribution in [0.5, 0.6) is 0 Å². The van der Waals surface area contributed by atoms with E-state index >= 15 is 0 Å². The van der Waals surface area contributed by atoms with Gasteiger partial charge in [-0.2, -0.15) is 0 Å². The van der Waals surface area contributed by atoms with Gasteiger partial charge in [-0.05, 0) is 6.42 Å². The number of hydrogen-bond donors (Lipinski definition) is 2. The Morgan fingerprint density at radius 2 is 2.21 bits per heavy atom. The van der Waals surface area contributed by atoms with Crippen LogP contribution < -0.4 is 10.6 Å². The third-order valence-electron chi connectivity index (χ3n) is 2.55. The first kappa shape index (κ1) is 9.21. The number of rotatable bonds is 2. The van der Waals surface area contributed by atoms with E-state index < -0.39 is 0 Å². The monoisotopic (exact) mass is 190 g/mol. The van der Waals surface area contributed by atoms with Crippen molar-refractivity contribution in [2.24, 2.45) is 5.92 Å². The highest BCUT2D eigenvalue weighted by atomic mass is 16.2. The minimum Gasteiger partial charge on any atom is -0.340 e. The highest BCUT2D eigenvalue weighted by Crippen LogP contribution is 2.17. The fraction of sp³-hybridized carbons (Fsp3) is 0.364. The lowest BCUT2D eigenvalue weighted by molar-refractivity contribution is -0.127. The van der Waals surface area contributed by atoms with Crippen molar-refractivity contribution < 1.29 is 4.79 Å². The van der Waals surface area contributed by atoms with E-state index in [9.17, 15) is 4.79 Å². The Hall–Kier alpha value is -1.35. The molecule has 0 aromatic heterocycles. The van der Waals surface area contributed by atoms with Gasteiger partial charge in [-0.15, -0.1) is 6.58 Å². The van der Waals surface area contributed by atoms with Crippen LogP contribution in [-0.2, 0) is 4.79 Å². The van der Waals surface area contributed by atoms with Crippen LogP contribution in [0, 0.1) is 5.92 Å². The summed E-state index contributed by atoms with van der Waals surface area (Å²) >= 11 is 0. The van der Waals surface area contributed by atoms with Gasteiger partial charge in [-0.25, -0.2) is 0 Å². The molecule has 0 bridgehead atoms. The van der Waals surface area contributed by atoms with Crippen molar-refractivity contribution in [3.05, 3.63) is 37.0 Å². The summed E-state index contributed by atoms with van der Waals surface area (Å²) in [4.78, 5) is 11.6. The Kier molecular flexibility index (Phi) is 2.50. The molecule has 3 nitrogen and oxygen atoms in total. The Morgan fingerprint density at radius 3 is 3.00 bits per heavy atom. The van der Waals surface area contributed by atoms with E-state index in [1.54, 1.807) is 6.08 Å². The van der Waals surface area contributed by atoms with E-state index in [4.69, 9.17) is 0 Å². The maximum atomic E-state index is 11.6. The average Bonchev–Trinajstić information content (AvgIpc) is 2.18. The summed E-state index contributed by atoms with van der Waals surface area (Å²) in [5.41, 5.74) is 0. The molecule has 2 rings (SSSR count). The second kappa shape index (κ2) is 3.80. The molecule has 0 radical (unpaired) electrons. The van der Waals surface area contributed by atoms with Crippen molar-refractivity contribution in [3.63, 3.8) is 0 Å². The van der Waals surface area contributed by atoms with Gasteiger partial charge < -0.3 is 5.32 Å². The number of allylic oxidation sites excluding steroid dienone is 2. The number of carbonyl (C=O) groups excluding carboxylic acids is 1. The molecular formula is C11H14N2O. The third-order valence-corrected chi connectivity index (χ3v) is 2.55. The molecule has 14 heavy (non-hydrogen) atoms. The van der Waals surface area contributed by atoms with E-state index in [1.165, 1.54) is 0 Å². The number of nitrogens with one attached hydrogen (secondary N) is 2. The van der Waals surface area contributed by atoms with Gasteiger partial charge in [0.05, 0.1) is 12.1 Å². The molecule has 1 aliphatic heterocycles. The Labute approximate surface area is 83.6 Å². The van der Waals surface area contributed by atoms with Crippen molar-refractivity contribution in [1.29, 1.82) is 0 Å². The van der Waals surface area contributed by atoms with Crippen LogP contribution in [0.25, 0.3) is 0 Å². The Bertz CT molecular complexity index is 306. The van der Waals surface area contributed by atoms with Gasteiger partial charge in [0.25, 0.3) is 0 Å². The molecule has 2 N–H and O–H groups in total. The molecule has 3 atom stereocenters. The first-order valence-corrected chi connectivity index (χ1v) is 4.83. The zero-order chi connectivity index (χ0) is 9.97. The van der Waals surface area contributed by atoms with Gasteiger partial charge in [0.2, 0.25) is 5.91 Å². The van der Waals surface area contributed by atoms with E-state index in [1.807, 2.05) is 24.3 Å². The molecule has 2 aliphatic rings. The van der Waals surface area contributed by atoms with E-state index in [0.717, 1.165) is 6.42 Å². The maximum Gasteiger partial charge on any atom is 0.230 e. The lowest BCUT2D eigenvalue weighted by Gasteiger charge is -2.35. The first-order valence-electron chi connectivity index (χ1n) is 4.83. The Balaban J connectivity index is 2.09. The standard InChI is InChI=1S/C11H14N2O/c1-2-5-10-12-9-7-4-3-6-8(9)11(14)13-10/h2-4,6-10,12H,1,5H2,(H,13,14). The predicted octanol–water partition coefficient (Wildman–Crippen LogP) is 0.719. The number of hydrogen-bond acceptors (Lipinski definition) is 2. The van der Waals surface area contributed by atoms with E-state index in [2.05, 4.69) is 17.2 Å². The highest BCUT2D eigenvalue weighted by molar-refractivity contribution is 5.83. The zero-order valence-corrected chi connectivity index (χ0v) is 7.94. The van der Waals surface area contributed by atoms with Gasteiger partial charge in [-0.3, -0.25) is 10.1 Å².